The number of cyclic esters (lactones) is 1. The van der Waals surface area contributed by atoms with Crippen LogP contribution < -0.4 is 10.4 Å². The third-order valence-corrected chi connectivity index (χ3v) is 4.05. The van der Waals surface area contributed by atoms with Gasteiger partial charge in [0.05, 0.1) is 7.11 Å². The molecule has 3 atom stereocenters. The molecule has 0 spiro atoms. The molecule has 2 aliphatic heterocycles. The number of ether oxygens (including phenoxy) is 3. The molecule has 2 saturated heterocycles. The minimum atomic E-state index is -0.839. The highest BCUT2D eigenvalue weighted by molar-refractivity contribution is 5.87. The number of hydrogen-bond donors (Lipinski definition) is 0. The molecule has 6 nitrogen and oxygen atoms in total. The second-order valence-corrected chi connectivity index (χ2v) is 5.36. The summed E-state index contributed by atoms with van der Waals surface area (Å²) in [5.74, 6) is 0.133. The smallest absolute Gasteiger partial charge is 0.341 e. The number of carbonyl (C=O) groups is 1. The number of fused-ring (bicyclic) bond motifs is 2. The van der Waals surface area contributed by atoms with Crippen molar-refractivity contribution in [1.82, 2.24) is 0 Å². The summed E-state index contributed by atoms with van der Waals surface area (Å²) < 4.78 is 21.3. The van der Waals surface area contributed by atoms with Gasteiger partial charge >= 0.3 is 11.6 Å². The molecule has 0 unspecified atom stereocenters. The largest absolute Gasteiger partial charge is 0.496 e. The summed E-state index contributed by atoms with van der Waals surface area (Å²) in [6.07, 6.45) is -0.805. The Bertz CT molecular complexity index is 823. The van der Waals surface area contributed by atoms with Crippen LogP contribution >= 0.6 is 0 Å². The summed E-state index contributed by atoms with van der Waals surface area (Å²) >= 11 is 0. The van der Waals surface area contributed by atoms with E-state index < -0.39 is 17.3 Å². The zero-order valence-corrected chi connectivity index (χ0v) is 11.4. The Kier molecular flexibility index (Phi) is 2.28. The maximum atomic E-state index is 11.8. The van der Waals surface area contributed by atoms with Crippen LogP contribution in [0, 0.1) is 0 Å². The lowest BCUT2D eigenvalue weighted by atomic mass is 9.99. The van der Waals surface area contributed by atoms with Crippen LogP contribution in [-0.4, -0.2) is 24.8 Å². The molecule has 0 aliphatic carbocycles. The first-order valence-corrected chi connectivity index (χ1v) is 6.53. The number of methoxy groups -OCH3 is 1. The minimum absolute atomic E-state index is 0.299. The highest BCUT2D eigenvalue weighted by Gasteiger charge is 2.70. The molecule has 21 heavy (non-hydrogen) atoms. The quantitative estimate of drug-likeness (QED) is 0.474. The SMILES string of the molecule is COc1cc2oc(=O)ccc2cc1[C@@H]1OC(=O)[C@]2(C)O[C@H]12. The Hall–Kier alpha value is -2.34. The molecular weight excluding hydrogens is 276 g/mol. The first-order chi connectivity index (χ1) is 10.0. The highest BCUT2D eigenvalue weighted by Crippen LogP contribution is 2.54. The van der Waals surface area contributed by atoms with Gasteiger partial charge in [0.15, 0.2) is 11.7 Å². The monoisotopic (exact) mass is 288 g/mol. The number of epoxide rings is 1. The van der Waals surface area contributed by atoms with Crippen molar-refractivity contribution in [2.75, 3.05) is 7.11 Å². The van der Waals surface area contributed by atoms with Crippen molar-refractivity contribution in [3.05, 3.63) is 40.2 Å². The molecule has 0 radical (unpaired) electrons. The normalized spacial score (nSPS) is 30.1. The number of carbonyl (C=O) groups excluding carboxylic acids is 1. The van der Waals surface area contributed by atoms with E-state index in [2.05, 4.69) is 0 Å². The van der Waals surface area contributed by atoms with Crippen molar-refractivity contribution >= 4 is 16.9 Å². The van der Waals surface area contributed by atoms with Gasteiger partial charge in [-0.1, -0.05) is 0 Å². The van der Waals surface area contributed by atoms with Crippen LogP contribution in [0.15, 0.2) is 33.5 Å². The molecule has 4 rings (SSSR count). The zero-order chi connectivity index (χ0) is 14.8. The molecule has 0 N–H and O–H groups in total. The van der Waals surface area contributed by atoms with Gasteiger partial charge in [-0.3, -0.25) is 0 Å². The molecule has 2 aromatic rings. The first kappa shape index (κ1) is 12.4. The maximum Gasteiger partial charge on any atom is 0.341 e. The maximum absolute atomic E-state index is 11.8. The Morgan fingerprint density at radius 1 is 1.24 bits per heavy atom. The van der Waals surface area contributed by atoms with Gasteiger partial charge in [0.25, 0.3) is 0 Å². The average molecular weight is 288 g/mol. The standard InChI is InChI=1S/C15H12O6/c1-15-13(21-15)12(20-14(15)17)8-5-7-3-4-11(16)19-9(7)6-10(8)18-2/h3-6,12-13H,1-2H3/t12-,13+,15+/m0/s1. The van der Waals surface area contributed by atoms with Crippen LogP contribution in [0.3, 0.4) is 0 Å². The molecule has 1 aromatic carbocycles. The summed E-state index contributed by atoms with van der Waals surface area (Å²) in [6, 6.07) is 6.42. The van der Waals surface area contributed by atoms with Gasteiger partial charge in [-0.05, 0) is 19.1 Å². The van der Waals surface area contributed by atoms with Gasteiger partial charge in [0.2, 0.25) is 0 Å². The average Bonchev–Trinajstić information content (AvgIpc) is 3.09. The molecule has 3 heterocycles. The molecule has 1 aromatic heterocycles. The van der Waals surface area contributed by atoms with Crippen molar-refractivity contribution in [2.24, 2.45) is 0 Å². The Labute approximate surface area is 119 Å². The van der Waals surface area contributed by atoms with Crippen molar-refractivity contribution in [2.45, 2.75) is 24.7 Å². The summed E-state index contributed by atoms with van der Waals surface area (Å²) in [5, 5.41) is 0.732. The van der Waals surface area contributed by atoms with Gasteiger partial charge in [0.1, 0.15) is 17.4 Å². The van der Waals surface area contributed by atoms with E-state index >= 15 is 0 Å². The fraction of sp³-hybridized carbons (Fsp3) is 0.333. The van der Waals surface area contributed by atoms with Gasteiger partial charge in [0, 0.05) is 23.1 Å². The predicted molar refractivity (Wildman–Crippen MR) is 71.1 cm³/mol. The van der Waals surface area contributed by atoms with Crippen molar-refractivity contribution in [3.8, 4) is 5.75 Å². The van der Waals surface area contributed by atoms with Gasteiger partial charge < -0.3 is 18.6 Å². The van der Waals surface area contributed by atoms with Gasteiger partial charge in [-0.15, -0.1) is 0 Å². The lowest BCUT2D eigenvalue weighted by molar-refractivity contribution is -0.153. The Morgan fingerprint density at radius 2 is 2.05 bits per heavy atom. The third kappa shape index (κ3) is 1.62. The summed E-state index contributed by atoms with van der Waals surface area (Å²) in [4.78, 5) is 23.1. The summed E-state index contributed by atoms with van der Waals surface area (Å²) in [7, 11) is 1.51. The van der Waals surface area contributed by atoms with E-state index in [1.54, 1.807) is 25.1 Å². The molecule has 0 bridgehead atoms. The topological polar surface area (TPSA) is 78.3 Å². The van der Waals surface area contributed by atoms with E-state index in [0.29, 0.717) is 16.9 Å². The van der Waals surface area contributed by atoms with Crippen molar-refractivity contribution in [3.63, 3.8) is 0 Å². The summed E-state index contributed by atoms with van der Waals surface area (Å²) in [5.41, 5.74) is -0.138. The van der Waals surface area contributed by atoms with Crippen LogP contribution in [0.4, 0.5) is 0 Å². The number of benzene rings is 1. The molecule has 2 aliphatic rings. The molecule has 0 saturated carbocycles. The number of esters is 1. The fourth-order valence-corrected chi connectivity index (χ4v) is 2.78. The highest BCUT2D eigenvalue weighted by atomic mass is 16.7. The van der Waals surface area contributed by atoms with Crippen LogP contribution in [0.25, 0.3) is 11.0 Å². The van der Waals surface area contributed by atoms with Crippen LogP contribution in [0.1, 0.15) is 18.6 Å². The summed E-state index contributed by atoms with van der Waals surface area (Å²) in [6.45, 7) is 1.71. The fourth-order valence-electron chi connectivity index (χ4n) is 2.78. The van der Waals surface area contributed by atoms with Crippen molar-refractivity contribution < 1.29 is 23.4 Å². The molecular formula is C15H12O6. The third-order valence-electron chi connectivity index (χ3n) is 4.05. The van der Waals surface area contributed by atoms with Gasteiger partial charge in [-0.25, -0.2) is 9.59 Å². The van der Waals surface area contributed by atoms with Crippen LogP contribution in [0.2, 0.25) is 0 Å². The Morgan fingerprint density at radius 3 is 2.67 bits per heavy atom. The zero-order valence-electron chi connectivity index (χ0n) is 11.4. The van der Waals surface area contributed by atoms with E-state index in [4.69, 9.17) is 18.6 Å². The number of hydrogen-bond acceptors (Lipinski definition) is 6. The molecule has 2 fully saturated rings. The van der Waals surface area contributed by atoms with Gasteiger partial charge in [-0.2, -0.15) is 0 Å². The second kappa shape index (κ2) is 3.85. The van der Waals surface area contributed by atoms with E-state index in [1.165, 1.54) is 13.2 Å². The first-order valence-electron chi connectivity index (χ1n) is 6.53. The van der Waals surface area contributed by atoms with E-state index in [0.717, 1.165) is 5.39 Å². The Balaban J connectivity index is 1.87. The second-order valence-electron chi connectivity index (χ2n) is 5.36. The lowest BCUT2D eigenvalue weighted by Crippen LogP contribution is -2.17. The molecule has 0 amide bonds. The van der Waals surface area contributed by atoms with Crippen molar-refractivity contribution in [1.29, 1.82) is 0 Å². The predicted octanol–water partition coefficient (Wildman–Crippen LogP) is 1.56. The minimum Gasteiger partial charge on any atom is -0.496 e. The van der Waals surface area contributed by atoms with Crippen LogP contribution in [-0.2, 0) is 14.3 Å². The van der Waals surface area contributed by atoms with E-state index in [1.807, 2.05) is 0 Å². The molecule has 6 heteroatoms. The van der Waals surface area contributed by atoms with Crippen LogP contribution in [0.5, 0.6) is 5.75 Å². The molecule has 108 valence electrons. The van der Waals surface area contributed by atoms with E-state index in [9.17, 15) is 9.59 Å². The number of rotatable bonds is 2. The lowest BCUT2D eigenvalue weighted by Gasteiger charge is -2.16. The van der Waals surface area contributed by atoms with E-state index in [-0.39, 0.29) is 12.1 Å².